The SMILES string of the molecule is CCOC1=C(CN=C(N)NC(=O)N2CCC(Nc3ccccc3)CC2)C(C)CC=C1. The summed E-state index contributed by atoms with van der Waals surface area (Å²) in [4.78, 5) is 18.7. The molecular formula is C23H33N5O2. The molecule has 30 heavy (non-hydrogen) atoms. The van der Waals surface area contributed by atoms with Crippen LogP contribution >= 0.6 is 0 Å². The van der Waals surface area contributed by atoms with Crippen LogP contribution in [-0.4, -0.2) is 49.2 Å². The van der Waals surface area contributed by atoms with Gasteiger partial charge in [-0.1, -0.05) is 31.2 Å². The quantitative estimate of drug-likeness (QED) is 0.494. The largest absolute Gasteiger partial charge is 0.494 e. The normalized spacial score (nSPS) is 20.3. The standard InChI is InChI=1S/C23H33N5O2/c1-3-30-21-11-7-8-17(2)20(21)16-25-22(24)27-23(29)28-14-12-19(13-15-28)26-18-9-5-4-6-10-18/h4-7,9-11,17,19,26H,3,8,12-16H2,1-2H3,(H3,24,25,27,29). The number of hydrogen-bond acceptors (Lipinski definition) is 4. The third kappa shape index (κ3) is 6.02. The van der Waals surface area contributed by atoms with Crippen LogP contribution in [0.5, 0.6) is 0 Å². The Kier molecular flexibility index (Phi) is 7.76. The first-order valence-corrected chi connectivity index (χ1v) is 10.8. The van der Waals surface area contributed by atoms with Gasteiger partial charge in [-0.2, -0.15) is 0 Å². The number of para-hydroxylation sites is 1. The van der Waals surface area contributed by atoms with E-state index in [9.17, 15) is 4.79 Å². The first-order chi connectivity index (χ1) is 14.6. The zero-order chi connectivity index (χ0) is 21.3. The molecule has 4 N–H and O–H groups in total. The van der Waals surface area contributed by atoms with Gasteiger partial charge >= 0.3 is 6.03 Å². The molecule has 1 aliphatic carbocycles. The van der Waals surface area contributed by atoms with Crippen LogP contribution in [0.15, 0.2) is 58.8 Å². The molecule has 1 aliphatic heterocycles. The van der Waals surface area contributed by atoms with Crippen molar-refractivity contribution in [1.29, 1.82) is 0 Å². The van der Waals surface area contributed by atoms with E-state index in [2.05, 4.69) is 40.8 Å². The summed E-state index contributed by atoms with van der Waals surface area (Å²) < 4.78 is 5.71. The molecular weight excluding hydrogens is 378 g/mol. The molecule has 1 atom stereocenters. The van der Waals surface area contributed by atoms with E-state index in [-0.39, 0.29) is 12.0 Å². The number of carbonyl (C=O) groups is 1. The number of likely N-dealkylation sites (tertiary alicyclic amines) is 1. The van der Waals surface area contributed by atoms with Crippen LogP contribution in [0.2, 0.25) is 0 Å². The minimum absolute atomic E-state index is 0.148. The van der Waals surface area contributed by atoms with Crippen molar-refractivity contribution in [3.05, 3.63) is 53.8 Å². The maximum Gasteiger partial charge on any atom is 0.324 e. The topological polar surface area (TPSA) is 92.0 Å². The summed E-state index contributed by atoms with van der Waals surface area (Å²) in [5.74, 6) is 1.36. The van der Waals surface area contributed by atoms with Crippen LogP contribution in [0.1, 0.15) is 33.1 Å². The minimum atomic E-state index is -0.190. The van der Waals surface area contributed by atoms with Gasteiger partial charge in [0.15, 0.2) is 5.96 Å². The summed E-state index contributed by atoms with van der Waals surface area (Å²) in [6.07, 6.45) is 6.86. The minimum Gasteiger partial charge on any atom is -0.494 e. The van der Waals surface area contributed by atoms with Crippen molar-refractivity contribution >= 4 is 17.7 Å². The smallest absolute Gasteiger partial charge is 0.324 e. The van der Waals surface area contributed by atoms with Crippen LogP contribution in [0.4, 0.5) is 10.5 Å². The molecule has 7 nitrogen and oxygen atoms in total. The number of anilines is 1. The molecule has 1 fully saturated rings. The fraction of sp³-hybridized carbons (Fsp3) is 0.478. The molecule has 2 aliphatic rings. The molecule has 7 heteroatoms. The molecule has 2 amide bonds. The fourth-order valence-electron chi connectivity index (χ4n) is 3.80. The lowest BCUT2D eigenvalue weighted by molar-refractivity contribution is 0.188. The van der Waals surface area contributed by atoms with E-state index in [1.54, 1.807) is 4.90 Å². The Hall–Kier alpha value is -2.96. The summed E-state index contributed by atoms with van der Waals surface area (Å²) in [6.45, 7) is 6.52. The van der Waals surface area contributed by atoms with Gasteiger partial charge < -0.3 is 20.7 Å². The summed E-state index contributed by atoms with van der Waals surface area (Å²) in [7, 11) is 0. The molecule has 1 aromatic carbocycles. The number of urea groups is 1. The maximum atomic E-state index is 12.5. The number of ether oxygens (including phenoxy) is 1. The van der Waals surface area contributed by atoms with Gasteiger partial charge in [0, 0.05) is 24.8 Å². The summed E-state index contributed by atoms with van der Waals surface area (Å²) in [6, 6.07) is 10.3. The summed E-state index contributed by atoms with van der Waals surface area (Å²) >= 11 is 0. The summed E-state index contributed by atoms with van der Waals surface area (Å²) in [5, 5.41) is 6.26. The van der Waals surface area contributed by atoms with Crippen LogP contribution in [-0.2, 0) is 4.74 Å². The Morgan fingerprint density at radius 2 is 2.00 bits per heavy atom. The number of hydrogen-bond donors (Lipinski definition) is 3. The lowest BCUT2D eigenvalue weighted by atomic mass is 9.92. The number of nitrogens with zero attached hydrogens (tertiary/aromatic N) is 2. The number of carbonyl (C=O) groups excluding carboxylic acids is 1. The van der Waals surface area contributed by atoms with E-state index in [0.717, 1.165) is 36.3 Å². The molecule has 0 saturated carbocycles. The van der Waals surface area contributed by atoms with Crippen LogP contribution in [0.25, 0.3) is 0 Å². The number of benzene rings is 1. The number of nitrogens with one attached hydrogen (secondary N) is 2. The first kappa shape index (κ1) is 21.7. The molecule has 3 rings (SSSR count). The molecule has 1 unspecified atom stereocenters. The van der Waals surface area contributed by atoms with Gasteiger partial charge in [-0.25, -0.2) is 9.79 Å². The predicted molar refractivity (Wildman–Crippen MR) is 121 cm³/mol. The fourth-order valence-corrected chi connectivity index (χ4v) is 3.80. The van der Waals surface area contributed by atoms with Gasteiger partial charge in [0.2, 0.25) is 0 Å². The van der Waals surface area contributed by atoms with E-state index in [1.807, 2.05) is 31.2 Å². The van der Waals surface area contributed by atoms with Crippen LogP contribution in [0, 0.1) is 5.92 Å². The number of guanidine groups is 1. The van der Waals surface area contributed by atoms with E-state index >= 15 is 0 Å². The number of amides is 2. The van der Waals surface area contributed by atoms with Gasteiger partial charge in [-0.15, -0.1) is 0 Å². The first-order valence-electron chi connectivity index (χ1n) is 10.8. The highest BCUT2D eigenvalue weighted by atomic mass is 16.5. The third-order valence-electron chi connectivity index (χ3n) is 5.55. The number of nitrogens with two attached hydrogens (primary N) is 1. The Morgan fingerprint density at radius 1 is 1.27 bits per heavy atom. The van der Waals surface area contributed by atoms with E-state index < -0.39 is 0 Å². The average Bonchev–Trinajstić information content (AvgIpc) is 2.75. The van der Waals surface area contributed by atoms with E-state index in [1.165, 1.54) is 0 Å². The number of piperidine rings is 1. The predicted octanol–water partition coefficient (Wildman–Crippen LogP) is 3.47. The second-order valence-corrected chi connectivity index (χ2v) is 7.76. The molecule has 1 aromatic rings. The van der Waals surface area contributed by atoms with Crippen molar-refractivity contribution < 1.29 is 9.53 Å². The van der Waals surface area contributed by atoms with Gasteiger partial charge in [0.25, 0.3) is 0 Å². The Bertz CT molecular complexity index is 795. The Labute approximate surface area is 179 Å². The van der Waals surface area contributed by atoms with Crippen molar-refractivity contribution in [2.24, 2.45) is 16.6 Å². The van der Waals surface area contributed by atoms with Crippen molar-refractivity contribution in [3.63, 3.8) is 0 Å². The van der Waals surface area contributed by atoms with E-state index in [4.69, 9.17) is 10.5 Å². The van der Waals surface area contributed by atoms with Crippen LogP contribution in [0.3, 0.4) is 0 Å². The summed E-state index contributed by atoms with van der Waals surface area (Å²) in [5.41, 5.74) is 8.22. The Balaban J connectivity index is 1.48. The zero-order valence-corrected chi connectivity index (χ0v) is 17.9. The molecule has 1 heterocycles. The van der Waals surface area contributed by atoms with Crippen molar-refractivity contribution in [3.8, 4) is 0 Å². The van der Waals surface area contributed by atoms with E-state index in [0.29, 0.717) is 38.2 Å². The lowest BCUT2D eigenvalue weighted by Crippen LogP contribution is -2.50. The van der Waals surface area contributed by atoms with Gasteiger partial charge in [-0.05, 0) is 55.9 Å². The highest BCUT2D eigenvalue weighted by molar-refractivity contribution is 5.95. The third-order valence-corrected chi connectivity index (χ3v) is 5.55. The molecule has 0 aromatic heterocycles. The van der Waals surface area contributed by atoms with Gasteiger partial charge in [0.05, 0.1) is 13.2 Å². The molecule has 1 saturated heterocycles. The van der Waals surface area contributed by atoms with Crippen molar-refractivity contribution in [1.82, 2.24) is 10.2 Å². The molecule has 0 bridgehead atoms. The van der Waals surface area contributed by atoms with Crippen molar-refractivity contribution in [2.45, 2.75) is 39.2 Å². The highest BCUT2D eigenvalue weighted by Crippen LogP contribution is 2.26. The van der Waals surface area contributed by atoms with Gasteiger partial charge in [-0.3, -0.25) is 5.32 Å². The number of aliphatic imine (C=N–C) groups is 1. The van der Waals surface area contributed by atoms with Crippen LogP contribution < -0.4 is 16.4 Å². The molecule has 162 valence electrons. The second kappa shape index (κ2) is 10.7. The molecule has 0 spiro atoms. The Morgan fingerprint density at radius 3 is 2.70 bits per heavy atom. The molecule has 0 radical (unpaired) electrons. The number of rotatable bonds is 6. The maximum absolute atomic E-state index is 12.5. The second-order valence-electron chi connectivity index (χ2n) is 7.76. The average molecular weight is 412 g/mol. The van der Waals surface area contributed by atoms with Crippen molar-refractivity contribution in [2.75, 3.05) is 31.6 Å². The number of allylic oxidation sites excluding steroid dienone is 2. The van der Waals surface area contributed by atoms with Gasteiger partial charge in [0.1, 0.15) is 5.76 Å². The monoisotopic (exact) mass is 411 g/mol. The zero-order valence-electron chi connectivity index (χ0n) is 17.9. The lowest BCUT2D eigenvalue weighted by Gasteiger charge is -2.32. The highest BCUT2D eigenvalue weighted by Gasteiger charge is 2.23.